The molecule has 4 rings (SSSR count). The lowest BCUT2D eigenvalue weighted by atomic mass is 9.96. The number of hydrogen-bond acceptors (Lipinski definition) is 5. The Morgan fingerprint density at radius 1 is 0.829 bits per heavy atom. The van der Waals surface area contributed by atoms with E-state index in [4.69, 9.17) is 4.74 Å². The highest BCUT2D eigenvalue weighted by molar-refractivity contribution is 5.96. The van der Waals surface area contributed by atoms with Gasteiger partial charge in [0.25, 0.3) is 0 Å². The largest absolute Gasteiger partial charge is 0.479 e. The van der Waals surface area contributed by atoms with Crippen molar-refractivity contribution in [1.29, 1.82) is 0 Å². The van der Waals surface area contributed by atoms with E-state index < -0.39 is 36.7 Å². The average Bonchev–Trinajstić information content (AvgIpc) is 2.98. The normalized spacial score (nSPS) is 12.5. The van der Waals surface area contributed by atoms with Gasteiger partial charge in [0.2, 0.25) is 0 Å². The molecular formula is C33H34N2O6. The molecule has 0 fully saturated rings. The Balaban J connectivity index is 1.61. The second kappa shape index (κ2) is 13.6. The van der Waals surface area contributed by atoms with Gasteiger partial charge < -0.3 is 25.2 Å². The molecule has 0 aromatic heterocycles. The molecule has 0 aliphatic rings. The van der Waals surface area contributed by atoms with Gasteiger partial charge in [-0.05, 0) is 38.9 Å². The van der Waals surface area contributed by atoms with Crippen LogP contribution in [0.2, 0.25) is 0 Å². The van der Waals surface area contributed by atoms with E-state index in [9.17, 15) is 24.6 Å². The molecular weight excluding hydrogens is 520 g/mol. The third kappa shape index (κ3) is 7.70. The molecule has 0 aliphatic heterocycles. The molecule has 0 saturated carbocycles. The summed E-state index contributed by atoms with van der Waals surface area (Å²) in [7, 11) is 0. The summed E-state index contributed by atoms with van der Waals surface area (Å²) in [4.78, 5) is 39.2. The number of esters is 1. The van der Waals surface area contributed by atoms with Crippen molar-refractivity contribution in [1.82, 2.24) is 10.2 Å². The third-order valence-electron chi connectivity index (χ3n) is 6.62. The zero-order valence-corrected chi connectivity index (χ0v) is 23.1. The SMILES string of the molecule is CC(C)CN(CC(O)C(=O)O)C(=O)NC(C(=O)OCc1ccccc1)c1ccc(-c2cccc3ccccc23)cc1. The molecule has 0 radical (unpaired) electrons. The van der Waals surface area contributed by atoms with Crippen molar-refractivity contribution in [2.75, 3.05) is 13.1 Å². The number of nitrogens with one attached hydrogen (secondary N) is 1. The number of nitrogens with zero attached hydrogens (tertiary/aromatic N) is 1. The molecule has 4 aromatic carbocycles. The van der Waals surface area contributed by atoms with Crippen molar-refractivity contribution in [3.63, 3.8) is 0 Å². The minimum Gasteiger partial charge on any atom is -0.479 e. The fourth-order valence-electron chi connectivity index (χ4n) is 4.61. The highest BCUT2D eigenvalue weighted by Crippen LogP contribution is 2.30. The van der Waals surface area contributed by atoms with Gasteiger partial charge in [0.15, 0.2) is 12.1 Å². The minimum atomic E-state index is -1.76. The number of hydrogen-bond donors (Lipinski definition) is 3. The molecule has 3 N–H and O–H groups in total. The van der Waals surface area contributed by atoms with Crippen LogP contribution in [0.1, 0.15) is 31.0 Å². The number of aliphatic hydroxyl groups excluding tert-OH is 1. The molecule has 2 unspecified atom stereocenters. The molecule has 2 amide bonds. The van der Waals surface area contributed by atoms with Crippen molar-refractivity contribution < 1.29 is 29.3 Å². The molecule has 8 nitrogen and oxygen atoms in total. The zero-order chi connectivity index (χ0) is 29.4. The van der Waals surface area contributed by atoms with Gasteiger partial charge in [0.1, 0.15) is 6.61 Å². The first-order valence-electron chi connectivity index (χ1n) is 13.5. The quantitative estimate of drug-likeness (QED) is 0.214. The van der Waals surface area contributed by atoms with E-state index in [2.05, 4.69) is 11.4 Å². The number of rotatable bonds is 11. The van der Waals surface area contributed by atoms with Crippen molar-refractivity contribution in [2.24, 2.45) is 5.92 Å². The Bertz CT molecular complexity index is 1480. The van der Waals surface area contributed by atoms with Crippen LogP contribution in [-0.4, -0.2) is 52.3 Å². The summed E-state index contributed by atoms with van der Waals surface area (Å²) < 4.78 is 5.58. The molecule has 8 heteroatoms. The summed E-state index contributed by atoms with van der Waals surface area (Å²) in [6, 6.07) is 28.8. The van der Waals surface area contributed by atoms with Gasteiger partial charge in [-0.3, -0.25) is 0 Å². The van der Waals surface area contributed by atoms with Gasteiger partial charge in [0, 0.05) is 6.54 Å². The lowest BCUT2D eigenvalue weighted by Gasteiger charge is -2.28. The molecule has 0 bridgehead atoms. The fourth-order valence-corrected chi connectivity index (χ4v) is 4.61. The number of ether oxygens (including phenoxy) is 1. The van der Waals surface area contributed by atoms with E-state index in [0.717, 1.165) is 27.5 Å². The minimum absolute atomic E-state index is 0.00907. The Morgan fingerprint density at radius 3 is 2.17 bits per heavy atom. The topological polar surface area (TPSA) is 116 Å². The van der Waals surface area contributed by atoms with Crippen LogP contribution in [0.4, 0.5) is 4.79 Å². The third-order valence-corrected chi connectivity index (χ3v) is 6.62. The Hall–Kier alpha value is -4.69. The monoisotopic (exact) mass is 554 g/mol. The summed E-state index contributed by atoms with van der Waals surface area (Å²) >= 11 is 0. The van der Waals surface area contributed by atoms with E-state index in [-0.39, 0.29) is 19.1 Å². The average molecular weight is 555 g/mol. The van der Waals surface area contributed by atoms with Crippen LogP contribution < -0.4 is 5.32 Å². The van der Waals surface area contributed by atoms with Crippen LogP contribution in [0.15, 0.2) is 97.1 Å². The first-order valence-corrected chi connectivity index (χ1v) is 13.5. The predicted octanol–water partition coefficient (Wildman–Crippen LogP) is 5.40. The van der Waals surface area contributed by atoms with E-state index in [1.165, 1.54) is 4.90 Å². The Kier molecular flexibility index (Phi) is 9.71. The second-order valence-corrected chi connectivity index (χ2v) is 10.3. The van der Waals surface area contributed by atoms with Crippen molar-refractivity contribution in [3.05, 3.63) is 108 Å². The number of carboxylic acid groups (broad SMARTS) is 1. The van der Waals surface area contributed by atoms with Crippen LogP contribution >= 0.6 is 0 Å². The first-order chi connectivity index (χ1) is 19.7. The summed E-state index contributed by atoms with van der Waals surface area (Å²) in [5.41, 5.74) is 3.28. The number of carbonyl (C=O) groups excluding carboxylic acids is 2. The highest BCUT2D eigenvalue weighted by atomic mass is 16.5. The van der Waals surface area contributed by atoms with E-state index in [1.807, 2.05) is 92.7 Å². The maximum absolute atomic E-state index is 13.4. The van der Waals surface area contributed by atoms with E-state index >= 15 is 0 Å². The van der Waals surface area contributed by atoms with Crippen LogP contribution in [0.5, 0.6) is 0 Å². The number of urea groups is 1. The molecule has 0 saturated heterocycles. The molecule has 0 spiro atoms. The summed E-state index contributed by atoms with van der Waals surface area (Å²) in [5, 5.41) is 24.0. The molecule has 0 aliphatic carbocycles. The van der Waals surface area contributed by atoms with E-state index in [0.29, 0.717) is 5.56 Å². The maximum atomic E-state index is 13.4. The first kappa shape index (κ1) is 29.3. The summed E-state index contributed by atoms with van der Waals surface area (Å²) in [6.07, 6.45) is -1.76. The van der Waals surface area contributed by atoms with Crippen LogP contribution in [-0.2, 0) is 20.9 Å². The van der Waals surface area contributed by atoms with E-state index in [1.54, 1.807) is 12.1 Å². The van der Waals surface area contributed by atoms with Crippen molar-refractivity contribution in [2.45, 2.75) is 32.6 Å². The maximum Gasteiger partial charge on any atom is 0.334 e. The zero-order valence-electron chi connectivity index (χ0n) is 23.1. The van der Waals surface area contributed by atoms with Gasteiger partial charge in [0.05, 0.1) is 6.54 Å². The standard InChI is InChI=1S/C33H34N2O6/c1-22(2)19-35(20-29(36)31(37)38)33(40)34-30(32(39)41-21-23-9-4-3-5-10-23)26-17-15-25(16-18-26)28-14-8-12-24-11-6-7-13-27(24)28/h3-18,22,29-30,36H,19-21H2,1-2H3,(H,34,40)(H,37,38). The van der Waals surface area contributed by atoms with Gasteiger partial charge in [-0.15, -0.1) is 0 Å². The molecule has 4 aromatic rings. The molecule has 212 valence electrons. The molecule has 2 atom stereocenters. The van der Waals surface area contributed by atoms with Crippen molar-refractivity contribution >= 4 is 28.7 Å². The lowest BCUT2D eigenvalue weighted by molar-refractivity contribution is -0.148. The second-order valence-electron chi connectivity index (χ2n) is 10.3. The fraction of sp³-hybridized carbons (Fsp3) is 0.242. The predicted molar refractivity (Wildman–Crippen MR) is 157 cm³/mol. The molecule has 41 heavy (non-hydrogen) atoms. The lowest BCUT2D eigenvalue weighted by Crippen LogP contribution is -2.49. The number of fused-ring (bicyclic) bond motifs is 1. The number of aliphatic carboxylic acids is 1. The van der Waals surface area contributed by atoms with Gasteiger partial charge in [-0.1, -0.05) is 111 Å². The van der Waals surface area contributed by atoms with Crippen LogP contribution in [0, 0.1) is 5.92 Å². The van der Waals surface area contributed by atoms with Gasteiger partial charge in [-0.2, -0.15) is 0 Å². The smallest absolute Gasteiger partial charge is 0.334 e. The summed E-state index contributed by atoms with van der Waals surface area (Å²) in [6.45, 7) is 3.51. The van der Waals surface area contributed by atoms with Gasteiger partial charge in [-0.25, -0.2) is 14.4 Å². The van der Waals surface area contributed by atoms with Crippen LogP contribution in [0.3, 0.4) is 0 Å². The van der Waals surface area contributed by atoms with Crippen LogP contribution in [0.25, 0.3) is 21.9 Å². The Morgan fingerprint density at radius 2 is 1.49 bits per heavy atom. The number of carboxylic acids is 1. The molecule has 0 heterocycles. The number of benzene rings is 4. The Labute approximate surface area is 239 Å². The van der Waals surface area contributed by atoms with Gasteiger partial charge >= 0.3 is 18.0 Å². The number of aliphatic hydroxyl groups is 1. The number of amides is 2. The van der Waals surface area contributed by atoms with Crippen molar-refractivity contribution in [3.8, 4) is 11.1 Å². The summed E-state index contributed by atoms with van der Waals surface area (Å²) in [5.74, 6) is -2.11. The number of carbonyl (C=O) groups is 3. The highest BCUT2D eigenvalue weighted by Gasteiger charge is 2.29.